The van der Waals surface area contributed by atoms with Crippen LogP contribution >= 0.6 is 0 Å². The molecule has 0 aromatic rings. The summed E-state index contributed by atoms with van der Waals surface area (Å²) in [6.07, 6.45) is 2.47. The number of carboxylic acids is 1. The fourth-order valence-electron chi connectivity index (χ4n) is 1.02. The first-order valence-electron chi connectivity index (χ1n) is 4.96. The highest BCUT2D eigenvalue weighted by Crippen LogP contribution is 1.98. The van der Waals surface area contributed by atoms with Crippen molar-refractivity contribution in [3.05, 3.63) is 0 Å². The maximum Gasteiger partial charge on any atom is 0.329 e. The Kier molecular flexibility index (Phi) is 7.35. The zero-order chi connectivity index (χ0) is 11.7. The Labute approximate surface area is 89.6 Å². The van der Waals surface area contributed by atoms with Crippen molar-refractivity contribution in [2.75, 3.05) is 20.6 Å². The van der Waals surface area contributed by atoms with Gasteiger partial charge in [-0.05, 0) is 12.8 Å². The number of hydrogen-bond acceptors (Lipinski definition) is 3. The Morgan fingerprint density at radius 2 is 1.87 bits per heavy atom. The van der Waals surface area contributed by atoms with Crippen LogP contribution in [-0.4, -0.2) is 42.8 Å². The molecule has 0 unspecified atom stereocenters. The summed E-state index contributed by atoms with van der Waals surface area (Å²) in [5, 5.41) is 12.6. The molecule has 0 fully saturated rings. The van der Waals surface area contributed by atoms with Gasteiger partial charge in [0.1, 0.15) is 0 Å². The normalized spacial score (nSPS) is 10.1. The van der Waals surface area contributed by atoms with E-state index in [9.17, 15) is 9.59 Å². The van der Waals surface area contributed by atoms with Crippen molar-refractivity contribution in [3.63, 3.8) is 0 Å². The van der Waals surface area contributed by atoms with E-state index >= 15 is 0 Å². The van der Waals surface area contributed by atoms with Crippen LogP contribution in [0, 0.1) is 0 Å². The first kappa shape index (κ1) is 13.7. The maximum absolute atomic E-state index is 11.0. The predicted molar refractivity (Wildman–Crippen MR) is 56.3 cm³/mol. The van der Waals surface area contributed by atoms with E-state index < -0.39 is 5.97 Å². The summed E-state index contributed by atoms with van der Waals surface area (Å²) < 4.78 is 0. The van der Waals surface area contributed by atoms with Gasteiger partial charge in [0.05, 0.1) is 0 Å². The lowest BCUT2D eigenvalue weighted by Crippen LogP contribution is -2.43. The molecular weight excluding hydrogens is 198 g/mol. The molecule has 0 rings (SSSR count). The Bertz CT molecular complexity index is 207. The summed E-state index contributed by atoms with van der Waals surface area (Å²) in [5.41, 5.74) is 2.54. The third-order valence-electron chi connectivity index (χ3n) is 1.68. The van der Waals surface area contributed by atoms with Gasteiger partial charge < -0.3 is 10.4 Å². The summed E-state index contributed by atoms with van der Waals surface area (Å²) >= 11 is 0. The quantitative estimate of drug-likeness (QED) is 0.426. The largest absolute Gasteiger partial charge is 0.481 e. The van der Waals surface area contributed by atoms with Gasteiger partial charge >= 0.3 is 12.0 Å². The lowest BCUT2D eigenvalue weighted by atomic mass is 10.2. The van der Waals surface area contributed by atoms with Crippen molar-refractivity contribution in [1.82, 2.24) is 15.8 Å². The van der Waals surface area contributed by atoms with E-state index in [1.165, 1.54) is 0 Å². The molecule has 0 spiro atoms. The molecule has 0 bridgehead atoms. The number of unbranched alkanes of at least 4 members (excludes halogenated alkanes) is 2. The van der Waals surface area contributed by atoms with Gasteiger partial charge in [-0.2, -0.15) is 0 Å². The number of hydrogen-bond donors (Lipinski definition) is 3. The highest BCUT2D eigenvalue weighted by Gasteiger charge is 2.00. The second-order valence-electron chi connectivity index (χ2n) is 3.47. The molecule has 0 aliphatic heterocycles. The van der Waals surface area contributed by atoms with Crippen molar-refractivity contribution >= 4 is 12.0 Å². The third-order valence-corrected chi connectivity index (χ3v) is 1.68. The number of nitrogens with one attached hydrogen (secondary N) is 2. The van der Waals surface area contributed by atoms with Gasteiger partial charge in [0.25, 0.3) is 0 Å². The van der Waals surface area contributed by atoms with Gasteiger partial charge in [0, 0.05) is 27.1 Å². The summed E-state index contributed by atoms with van der Waals surface area (Å²) in [4.78, 5) is 21.2. The van der Waals surface area contributed by atoms with Gasteiger partial charge in [-0.25, -0.2) is 9.80 Å². The van der Waals surface area contributed by atoms with Crippen LogP contribution in [0.3, 0.4) is 0 Å². The topological polar surface area (TPSA) is 81.7 Å². The molecule has 6 nitrogen and oxygen atoms in total. The molecule has 2 amide bonds. The van der Waals surface area contributed by atoms with Crippen LogP contribution in [0.25, 0.3) is 0 Å². The van der Waals surface area contributed by atoms with Crippen LogP contribution in [0.5, 0.6) is 0 Å². The number of carbonyl (C=O) groups excluding carboxylic acids is 1. The van der Waals surface area contributed by atoms with Crippen molar-refractivity contribution in [3.8, 4) is 0 Å². The minimum atomic E-state index is -0.770. The van der Waals surface area contributed by atoms with Crippen molar-refractivity contribution < 1.29 is 14.7 Å². The molecule has 0 aromatic carbocycles. The smallest absolute Gasteiger partial charge is 0.329 e. The van der Waals surface area contributed by atoms with E-state index in [-0.39, 0.29) is 12.5 Å². The number of carbonyl (C=O) groups is 2. The molecule has 0 saturated heterocycles. The number of carboxylic acid groups (broad SMARTS) is 1. The van der Waals surface area contributed by atoms with Crippen molar-refractivity contribution in [2.24, 2.45) is 0 Å². The second kappa shape index (κ2) is 8.05. The molecule has 0 aliphatic carbocycles. The molecule has 0 heterocycles. The number of aliphatic carboxylic acids is 1. The van der Waals surface area contributed by atoms with Crippen molar-refractivity contribution in [2.45, 2.75) is 25.7 Å². The standard InChI is InChI=1S/C9H19N3O3/c1-12(2)11-9(15)10-7-5-3-4-6-8(13)14/h3-7H2,1-2H3,(H,13,14)(H2,10,11,15). The number of hydrazine groups is 1. The number of amides is 2. The fourth-order valence-corrected chi connectivity index (χ4v) is 1.02. The van der Waals surface area contributed by atoms with Crippen LogP contribution in [0.15, 0.2) is 0 Å². The average Bonchev–Trinajstić information content (AvgIpc) is 2.09. The summed E-state index contributed by atoms with van der Waals surface area (Å²) in [6.45, 7) is 0.569. The van der Waals surface area contributed by atoms with Crippen LogP contribution in [-0.2, 0) is 4.79 Å². The second-order valence-corrected chi connectivity index (χ2v) is 3.47. The van der Waals surface area contributed by atoms with E-state index in [1.54, 1.807) is 19.1 Å². The molecule has 15 heavy (non-hydrogen) atoms. The number of rotatable bonds is 7. The first-order chi connectivity index (χ1) is 7.02. The molecule has 0 saturated carbocycles. The summed E-state index contributed by atoms with van der Waals surface area (Å²) in [7, 11) is 3.46. The van der Waals surface area contributed by atoms with E-state index in [0.717, 1.165) is 12.8 Å². The fraction of sp³-hybridized carbons (Fsp3) is 0.778. The van der Waals surface area contributed by atoms with Gasteiger partial charge in [0.15, 0.2) is 0 Å². The van der Waals surface area contributed by atoms with Gasteiger partial charge in [0.2, 0.25) is 0 Å². The highest BCUT2D eigenvalue weighted by atomic mass is 16.4. The van der Waals surface area contributed by atoms with Gasteiger partial charge in [-0.3, -0.25) is 10.2 Å². The molecule has 3 N–H and O–H groups in total. The molecule has 0 radical (unpaired) electrons. The molecule has 6 heteroatoms. The Balaban J connectivity index is 3.24. The summed E-state index contributed by atoms with van der Waals surface area (Å²) in [5.74, 6) is -0.770. The number of urea groups is 1. The molecule has 0 aromatic heterocycles. The van der Waals surface area contributed by atoms with Crippen LogP contribution in [0.4, 0.5) is 4.79 Å². The zero-order valence-corrected chi connectivity index (χ0v) is 9.25. The monoisotopic (exact) mass is 217 g/mol. The van der Waals surface area contributed by atoms with Crippen LogP contribution < -0.4 is 10.7 Å². The molecule has 88 valence electrons. The Hall–Kier alpha value is -1.30. The van der Waals surface area contributed by atoms with E-state index in [4.69, 9.17) is 5.11 Å². The zero-order valence-electron chi connectivity index (χ0n) is 9.25. The Morgan fingerprint density at radius 1 is 1.20 bits per heavy atom. The van der Waals surface area contributed by atoms with E-state index in [1.807, 2.05) is 0 Å². The predicted octanol–water partition coefficient (Wildman–Crippen LogP) is 0.407. The third kappa shape index (κ3) is 10.6. The average molecular weight is 217 g/mol. The van der Waals surface area contributed by atoms with Crippen LogP contribution in [0.1, 0.15) is 25.7 Å². The maximum atomic E-state index is 11.0. The van der Waals surface area contributed by atoms with Gasteiger partial charge in [-0.15, -0.1) is 0 Å². The molecule has 0 atom stereocenters. The van der Waals surface area contributed by atoms with E-state index in [0.29, 0.717) is 13.0 Å². The SMILES string of the molecule is CN(C)NC(=O)NCCCCCC(=O)O. The van der Waals surface area contributed by atoms with Gasteiger partial charge in [-0.1, -0.05) is 6.42 Å². The van der Waals surface area contributed by atoms with E-state index in [2.05, 4.69) is 10.7 Å². The molecular formula is C9H19N3O3. The molecule has 0 aliphatic rings. The lowest BCUT2D eigenvalue weighted by Gasteiger charge is -2.12. The number of nitrogens with zero attached hydrogens (tertiary/aromatic N) is 1. The highest BCUT2D eigenvalue weighted by molar-refractivity contribution is 5.73. The summed E-state index contributed by atoms with van der Waals surface area (Å²) in [6, 6.07) is -0.238. The van der Waals surface area contributed by atoms with Crippen LogP contribution in [0.2, 0.25) is 0 Å². The lowest BCUT2D eigenvalue weighted by molar-refractivity contribution is -0.137. The minimum absolute atomic E-state index is 0.198. The minimum Gasteiger partial charge on any atom is -0.481 e. The Morgan fingerprint density at radius 3 is 2.40 bits per heavy atom. The van der Waals surface area contributed by atoms with Crippen molar-refractivity contribution in [1.29, 1.82) is 0 Å². The first-order valence-corrected chi connectivity index (χ1v) is 4.96.